The smallest absolute Gasteiger partial charge is 0.243 e. The van der Waals surface area contributed by atoms with Crippen molar-refractivity contribution in [3.63, 3.8) is 0 Å². The largest absolute Gasteiger partial charge is 0.345 e. The molecule has 3 N–H and O–H groups in total. The van der Waals surface area contributed by atoms with Crippen molar-refractivity contribution in [1.82, 2.24) is 20.0 Å². The predicted octanol–water partition coefficient (Wildman–Crippen LogP) is 1.67. The minimum atomic E-state index is -3.61. The number of nitrogens with one attached hydrogen (secondary N) is 3. The maximum Gasteiger partial charge on any atom is 0.243 e. The van der Waals surface area contributed by atoms with Crippen LogP contribution in [0.25, 0.3) is 11.0 Å². The van der Waals surface area contributed by atoms with Crippen LogP contribution in [0.15, 0.2) is 23.4 Å². The highest BCUT2D eigenvalue weighted by molar-refractivity contribution is 7.89. The van der Waals surface area contributed by atoms with Gasteiger partial charge in [-0.1, -0.05) is 11.6 Å². The van der Waals surface area contributed by atoms with Crippen LogP contribution in [0.3, 0.4) is 0 Å². The molecule has 2 aromatic heterocycles. The van der Waals surface area contributed by atoms with E-state index in [1.54, 1.807) is 6.07 Å². The Hall–Kier alpha value is -0.860. The van der Waals surface area contributed by atoms with Gasteiger partial charge in [-0.25, -0.2) is 18.1 Å². The molecule has 0 bridgehead atoms. The minimum Gasteiger partial charge on any atom is -0.345 e. The molecule has 1 fully saturated rings. The van der Waals surface area contributed by atoms with Crippen LogP contribution in [-0.2, 0) is 10.0 Å². The summed E-state index contributed by atoms with van der Waals surface area (Å²) in [6.45, 7) is 1.58. The number of fused-ring (bicyclic) bond motifs is 1. The second-order valence-electron chi connectivity index (χ2n) is 4.83. The molecule has 3 heterocycles. The molecule has 1 aliphatic heterocycles. The van der Waals surface area contributed by atoms with E-state index < -0.39 is 10.0 Å². The van der Waals surface area contributed by atoms with E-state index in [1.165, 1.54) is 12.4 Å². The topological polar surface area (TPSA) is 86.9 Å². The van der Waals surface area contributed by atoms with Crippen molar-refractivity contribution >= 4 is 45.1 Å². The number of sulfonamides is 1. The molecular weight excluding hydrogens is 335 g/mol. The fraction of sp³-hybridized carbons (Fsp3) is 0.417. The number of aromatic nitrogens is 2. The Morgan fingerprint density at radius 3 is 2.95 bits per heavy atom. The van der Waals surface area contributed by atoms with Gasteiger partial charge < -0.3 is 10.3 Å². The molecule has 0 radical (unpaired) electrons. The second kappa shape index (κ2) is 6.50. The molecule has 0 spiro atoms. The van der Waals surface area contributed by atoms with Gasteiger partial charge in [0.25, 0.3) is 0 Å². The number of rotatable bonds is 3. The standard InChI is InChI=1S/C12H15ClN4O2S.ClH/c13-9-3-5-15-12-11(9)10(7-16-12)20(18,19)17-8-2-1-4-14-6-8;/h3,5,7-8,14,17H,1-2,4,6H2,(H,15,16);1H. The summed E-state index contributed by atoms with van der Waals surface area (Å²) in [4.78, 5) is 7.07. The van der Waals surface area contributed by atoms with E-state index in [1.807, 2.05) is 0 Å². The molecule has 0 aromatic carbocycles. The summed E-state index contributed by atoms with van der Waals surface area (Å²) in [5, 5.41) is 3.99. The van der Waals surface area contributed by atoms with Crippen molar-refractivity contribution in [2.24, 2.45) is 0 Å². The molecular formula is C12H16Cl2N4O2S. The van der Waals surface area contributed by atoms with Gasteiger partial charge in [0, 0.05) is 25.0 Å². The fourth-order valence-electron chi connectivity index (χ4n) is 2.44. The zero-order chi connectivity index (χ0) is 14.2. The Morgan fingerprint density at radius 1 is 1.43 bits per heavy atom. The van der Waals surface area contributed by atoms with Crippen LogP contribution in [0, 0.1) is 0 Å². The lowest BCUT2D eigenvalue weighted by Crippen LogP contribution is -2.45. The number of piperidine rings is 1. The normalized spacial score (nSPS) is 19.4. The Balaban J connectivity index is 0.00000161. The van der Waals surface area contributed by atoms with E-state index in [0.29, 0.717) is 22.6 Å². The van der Waals surface area contributed by atoms with Crippen LogP contribution < -0.4 is 10.0 Å². The van der Waals surface area contributed by atoms with Crippen molar-refractivity contribution in [2.75, 3.05) is 13.1 Å². The first-order valence-electron chi connectivity index (χ1n) is 6.42. The summed E-state index contributed by atoms with van der Waals surface area (Å²) >= 11 is 6.09. The van der Waals surface area contributed by atoms with Gasteiger partial charge in [-0.3, -0.25) is 0 Å². The van der Waals surface area contributed by atoms with Crippen molar-refractivity contribution in [3.05, 3.63) is 23.5 Å². The molecule has 6 nitrogen and oxygen atoms in total. The molecule has 1 saturated heterocycles. The van der Waals surface area contributed by atoms with Gasteiger partial charge in [-0.05, 0) is 25.5 Å². The van der Waals surface area contributed by atoms with Crippen molar-refractivity contribution < 1.29 is 8.42 Å². The molecule has 3 rings (SSSR count). The van der Waals surface area contributed by atoms with Crippen LogP contribution >= 0.6 is 24.0 Å². The van der Waals surface area contributed by atoms with Crippen LogP contribution in [0.2, 0.25) is 5.02 Å². The highest BCUT2D eigenvalue weighted by Gasteiger charge is 2.25. The summed E-state index contributed by atoms with van der Waals surface area (Å²) in [5.41, 5.74) is 0.472. The number of hydrogen-bond acceptors (Lipinski definition) is 4. The lowest BCUT2D eigenvalue weighted by atomic mass is 10.1. The van der Waals surface area contributed by atoms with Crippen molar-refractivity contribution in [3.8, 4) is 0 Å². The van der Waals surface area contributed by atoms with Gasteiger partial charge in [0.15, 0.2) is 0 Å². The third-order valence-electron chi connectivity index (χ3n) is 3.39. The Morgan fingerprint density at radius 2 is 2.24 bits per heavy atom. The van der Waals surface area contributed by atoms with Gasteiger partial charge >= 0.3 is 0 Å². The number of halogens is 2. The zero-order valence-electron chi connectivity index (χ0n) is 11.1. The maximum atomic E-state index is 12.5. The summed E-state index contributed by atoms with van der Waals surface area (Å²) in [6.07, 6.45) is 4.77. The molecule has 9 heteroatoms. The van der Waals surface area contributed by atoms with E-state index in [-0.39, 0.29) is 23.3 Å². The van der Waals surface area contributed by atoms with Crippen LogP contribution in [-0.4, -0.2) is 37.5 Å². The molecule has 1 unspecified atom stereocenters. The average Bonchev–Trinajstić information content (AvgIpc) is 2.85. The molecule has 0 saturated carbocycles. The van der Waals surface area contributed by atoms with E-state index >= 15 is 0 Å². The molecule has 21 heavy (non-hydrogen) atoms. The van der Waals surface area contributed by atoms with Gasteiger partial charge in [-0.15, -0.1) is 12.4 Å². The Labute approximate surface area is 134 Å². The quantitative estimate of drug-likeness (QED) is 0.785. The summed E-state index contributed by atoms with van der Waals surface area (Å²) in [6, 6.07) is 1.49. The predicted molar refractivity (Wildman–Crippen MR) is 84.6 cm³/mol. The maximum absolute atomic E-state index is 12.5. The number of aromatic amines is 1. The third kappa shape index (κ3) is 3.32. The molecule has 2 aromatic rings. The Bertz CT molecular complexity index is 726. The lowest BCUT2D eigenvalue weighted by Gasteiger charge is -2.23. The SMILES string of the molecule is Cl.O=S(=O)(NC1CCCNC1)c1c[nH]c2nccc(Cl)c12. The highest BCUT2D eigenvalue weighted by Crippen LogP contribution is 2.28. The number of pyridine rings is 1. The van der Waals surface area contributed by atoms with E-state index in [2.05, 4.69) is 20.0 Å². The van der Waals surface area contributed by atoms with Crippen LogP contribution in [0.5, 0.6) is 0 Å². The summed E-state index contributed by atoms with van der Waals surface area (Å²) < 4.78 is 27.7. The number of nitrogens with zero attached hydrogens (tertiary/aromatic N) is 1. The molecule has 116 valence electrons. The molecule has 0 aliphatic carbocycles. The van der Waals surface area contributed by atoms with Gasteiger partial charge in [0.1, 0.15) is 10.5 Å². The van der Waals surface area contributed by atoms with Gasteiger partial charge in [0.2, 0.25) is 10.0 Å². The first-order chi connectivity index (χ1) is 9.58. The van der Waals surface area contributed by atoms with Gasteiger partial charge in [-0.2, -0.15) is 0 Å². The van der Waals surface area contributed by atoms with E-state index in [9.17, 15) is 8.42 Å². The van der Waals surface area contributed by atoms with E-state index in [0.717, 1.165) is 19.4 Å². The third-order valence-corrected chi connectivity index (χ3v) is 5.25. The number of hydrogen-bond donors (Lipinski definition) is 3. The zero-order valence-corrected chi connectivity index (χ0v) is 13.5. The molecule has 1 atom stereocenters. The minimum absolute atomic E-state index is 0. The summed E-state index contributed by atoms with van der Waals surface area (Å²) in [5.74, 6) is 0. The Kier molecular flexibility index (Phi) is 5.11. The lowest BCUT2D eigenvalue weighted by molar-refractivity contribution is 0.429. The number of H-pyrrole nitrogens is 1. The summed E-state index contributed by atoms with van der Waals surface area (Å²) in [7, 11) is -3.61. The molecule has 1 aliphatic rings. The van der Waals surface area contributed by atoms with Gasteiger partial charge in [0.05, 0.1) is 10.4 Å². The van der Waals surface area contributed by atoms with Crippen LogP contribution in [0.4, 0.5) is 0 Å². The fourth-order valence-corrected chi connectivity index (χ4v) is 4.20. The molecule has 0 amide bonds. The highest BCUT2D eigenvalue weighted by atomic mass is 35.5. The van der Waals surface area contributed by atoms with E-state index in [4.69, 9.17) is 11.6 Å². The monoisotopic (exact) mass is 350 g/mol. The van der Waals surface area contributed by atoms with Crippen LogP contribution in [0.1, 0.15) is 12.8 Å². The second-order valence-corrected chi connectivity index (χ2v) is 6.92. The first-order valence-corrected chi connectivity index (χ1v) is 8.29. The first kappa shape index (κ1) is 16.5. The van der Waals surface area contributed by atoms with Crippen molar-refractivity contribution in [2.45, 2.75) is 23.8 Å². The van der Waals surface area contributed by atoms with Crippen molar-refractivity contribution in [1.29, 1.82) is 0 Å². The average molecular weight is 351 g/mol.